The van der Waals surface area contributed by atoms with E-state index < -0.39 is 13.1 Å². The minimum absolute atomic E-state index is 0.0953. The number of amides is 2. The molecule has 0 fully saturated rings. The molecular formula is C28H35BN4O4. The van der Waals surface area contributed by atoms with Gasteiger partial charge in [-0.05, 0) is 61.9 Å². The average Bonchev–Trinajstić information content (AvgIpc) is 2.88. The monoisotopic (exact) mass is 502 g/mol. The maximum atomic E-state index is 12.8. The van der Waals surface area contributed by atoms with Gasteiger partial charge in [0, 0.05) is 26.2 Å². The molecule has 1 aliphatic rings. The fourth-order valence-corrected chi connectivity index (χ4v) is 4.51. The molecule has 0 saturated carbocycles. The quantitative estimate of drug-likeness (QED) is 0.260. The number of fused-ring (bicyclic) bond motifs is 1. The first-order valence-corrected chi connectivity index (χ1v) is 12.7. The van der Waals surface area contributed by atoms with Crippen LogP contribution in [0.4, 0.5) is 0 Å². The van der Waals surface area contributed by atoms with E-state index in [0.717, 1.165) is 28.7 Å². The third kappa shape index (κ3) is 7.77. The van der Waals surface area contributed by atoms with Crippen molar-refractivity contribution >= 4 is 25.0 Å². The molecular weight excluding hydrogens is 467 g/mol. The summed E-state index contributed by atoms with van der Waals surface area (Å²) in [5, 5.41) is 31.9. The van der Waals surface area contributed by atoms with Crippen LogP contribution in [0.5, 0.6) is 0 Å². The highest BCUT2D eigenvalue weighted by Gasteiger charge is 2.27. The van der Waals surface area contributed by atoms with E-state index in [1.54, 1.807) is 11.0 Å². The number of nitriles is 1. The number of benzene rings is 2. The van der Waals surface area contributed by atoms with Gasteiger partial charge in [0.2, 0.25) is 5.91 Å². The Kier molecular flexibility index (Phi) is 10.0. The number of hydrogen-bond donors (Lipinski definition) is 3. The van der Waals surface area contributed by atoms with Crippen LogP contribution in [-0.4, -0.2) is 70.9 Å². The molecule has 1 atom stereocenters. The predicted molar refractivity (Wildman–Crippen MR) is 144 cm³/mol. The summed E-state index contributed by atoms with van der Waals surface area (Å²) in [5.41, 5.74) is 5.09. The second-order valence-electron chi connectivity index (χ2n) is 9.41. The zero-order valence-electron chi connectivity index (χ0n) is 21.8. The van der Waals surface area contributed by atoms with Crippen LogP contribution in [0.3, 0.4) is 0 Å². The van der Waals surface area contributed by atoms with Crippen molar-refractivity contribution < 1.29 is 19.6 Å². The van der Waals surface area contributed by atoms with Gasteiger partial charge < -0.3 is 20.3 Å². The first-order chi connectivity index (χ1) is 17.7. The molecule has 1 unspecified atom stereocenters. The first-order valence-electron chi connectivity index (χ1n) is 12.7. The van der Waals surface area contributed by atoms with Gasteiger partial charge in [0.1, 0.15) is 11.6 Å². The molecule has 0 saturated heterocycles. The third-order valence-electron chi connectivity index (χ3n) is 6.68. The molecule has 3 N–H and O–H groups in total. The lowest BCUT2D eigenvalue weighted by atomic mass is 9.76. The van der Waals surface area contributed by atoms with E-state index in [4.69, 9.17) is 0 Å². The molecule has 3 rings (SSSR count). The molecule has 37 heavy (non-hydrogen) atoms. The number of likely N-dealkylation sites (N-methyl/N-ethyl adjacent to an activating group) is 1. The zero-order valence-corrected chi connectivity index (χ0v) is 21.8. The zero-order chi connectivity index (χ0) is 26.9. The maximum Gasteiger partial charge on any atom is 0.475 e. The lowest BCUT2D eigenvalue weighted by Crippen LogP contribution is -2.51. The topological polar surface area (TPSA) is 117 Å². The van der Waals surface area contributed by atoms with Gasteiger partial charge in [-0.3, -0.25) is 14.5 Å². The molecule has 8 nitrogen and oxygen atoms in total. The smallest absolute Gasteiger partial charge is 0.426 e. The van der Waals surface area contributed by atoms with Crippen LogP contribution in [0.1, 0.15) is 41.7 Å². The molecule has 2 aromatic rings. The molecule has 0 spiro atoms. The van der Waals surface area contributed by atoms with E-state index in [2.05, 4.69) is 5.32 Å². The van der Waals surface area contributed by atoms with Crippen molar-refractivity contribution in [1.82, 2.24) is 15.1 Å². The highest BCUT2D eigenvalue weighted by molar-refractivity contribution is 6.43. The lowest BCUT2D eigenvalue weighted by Gasteiger charge is -2.29. The molecule has 0 radical (unpaired) electrons. The van der Waals surface area contributed by atoms with Gasteiger partial charge in [-0.1, -0.05) is 48.0 Å². The Labute approximate surface area is 219 Å². The van der Waals surface area contributed by atoms with Crippen molar-refractivity contribution in [3.63, 3.8) is 0 Å². The Hall–Kier alpha value is -3.45. The highest BCUT2D eigenvalue weighted by atomic mass is 16.4. The van der Waals surface area contributed by atoms with E-state index in [-0.39, 0.29) is 23.9 Å². The molecule has 0 aromatic heterocycles. The summed E-state index contributed by atoms with van der Waals surface area (Å²) in [7, 11) is -1.67. The maximum absolute atomic E-state index is 12.8. The van der Waals surface area contributed by atoms with E-state index in [1.165, 1.54) is 5.56 Å². The molecule has 2 aromatic carbocycles. The Morgan fingerprint density at radius 1 is 1.16 bits per heavy atom. The SMILES string of the molecule is CCN(CC)C(=O)C(C#N)=Cc1ccc2c(c1)CN(CC(=O)NC(Cc1ccc(C)cc1)B(O)O)CC2. The van der Waals surface area contributed by atoms with Gasteiger partial charge in [-0.2, -0.15) is 5.26 Å². The minimum Gasteiger partial charge on any atom is -0.426 e. The Bertz CT molecular complexity index is 1170. The number of rotatable bonds is 10. The molecule has 0 bridgehead atoms. The van der Waals surface area contributed by atoms with E-state index >= 15 is 0 Å². The summed E-state index contributed by atoms with van der Waals surface area (Å²) in [5.74, 6) is -1.37. The van der Waals surface area contributed by atoms with Crippen molar-refractivity contribution in [3.8, 4) is 6.07 Å². The molecule has 2 amide bonds. The average molecular weight is 502 g/mol. The van der Waals surface area contributed by atoms with Crippen molar-refractivity contribution in [2.24, 2.45) is 0 Å². The van der Waals surface area contributed by atoms with Crippen LogP contribution in [0.25, 0.3) is 6.08 Å². The summed E-state index contributed by atoms with van der Waals surface area (Å²) < 4.78 is 0. The van der Waals surface area contributed by atoms with Crippen LogP contribution >= 0.6 is 0 Å². The number of nitrogens with zero attached hydrogens (tertiary/aromatic N) is 3. The number of nitrogens with one attached hydrogen (secondary N) is 1. The van der Waals surface area contributed by atoms with Gasteiger partial charge in [-0.25, -0.2) is 0 Å². The molecule has 0 aliphatic carbocycles. The fraction of sp³-hybridized carbons (Fsp3) is 0.393. The summed E-state index contributed by atoms with van der Waals surface area (Å²) in [6.07, 6.45) is 2.70. The number of hydrogen-bond acceptors (Lipinski definition) is 6. The number of carbonyl (C=O) groups is 2. The predicted octanol–water partition coefficient (Wildman–Crippen LogP) is 1.87. The molecule has 194 valence electrons. The standard InChI is InChI=1S/C28H35BN4O4/c1-4-33(5-2)28(35)24(17-30)14-22-10-11-23-12-13-32(18-25(23)15-22)19-27(34)31-26(29(36)37)16-21-8-6-20(3)7-9-21/h6-11,14-15,26,36-37H,4-5,12-13,16,18-19H2,1-3H3,(H,31,34). The van der Waals surface area contributed by atoms with Crippen molar-refractivity contribution in [1.29, 1.82) is 5.26 Å². The van der Waals surface area contributed by atoms with Crippen LogP contribution in [-0.2, 0) is 29.0 Å². The second-order valence-corrected chi connectivity index (χ2v) is 9.41. The minimum atomic E-state index is -1.67. The Morgan fingerprint density at radius 2 is 1.86 bits per heavy atom. The summed E-state index contributed by atoms with van der Waals surface area (Å²) in [6.45, 7) is 8.18. The first kappa shape index (κ1) is 28.1. The highest BCUT2D eigenvalue weighted by Crippen LogP contribution is 2.22. The summed E-state index contributed by atoms with van der Waals surface area (Å²) >= 11 is 0. The number of aryl methyl sites for hydroxylation is 1. The third-order valence-corrected chi connectivity index (χ3v) is 6.68. The van der Waals surface area contributed by atoms with Gasteiger partial charge in [0.05, 0.1) is 12.5 Å². The van der Waals surface area contributed by atoms with Gasteiger partial charge >= 0.3 is 7.12 Å². The van der Waals surface area contributed by atoms with Crippen molar-refractivity contribution in [2.75, 3.05) is 26.2 Å². The van der Waals surface area contributed by atoms with Gasteiger partial charge in [-0.15, -0.1) is 0 Å². The number of carbonyl (C=O) groups excluding carboxylic acids is 2. The van der Waals surface area contributed by atoms with E-state index in [1.807, 2.05) is 74.2 Å². The van der Waals surface area contributed by atoms with Gasteiger partial charge in [0.15, 0.2) is 0 Å². The van der Waals surface area contributed by atoms with Crippen LogP contribution < -0.4 is 5.32 Å². The van der Waals surface area contributed by atoms with Crippen molar-refractivity contribution in [3.05, 3.63) is 75.9 Å². The van der Waals surface area contributed by atoms with Crippen LogP contribution in [0.15, 0.2) is 48.0 Å². The second kappa shape index (κ2) is 13.2. The summed E-state index contributed by atoms with van der Waals surface area (Å²) in [4.78, 5) is 29.0. The summed E-state index contributed by atoms with van der Waals surface area (Å²) in [6, 6.07) is 15.6. The van der Waals surface area contributed by atoms with Crippen LogP contribution in [0, 0.1) is 18.3 Å². The van der Waals surface area contributed by atoms with Crippen LogP contribution in [0.2, 0.25) is 0 Å². The van der Waals surface area contributed by atoms with Gasteiger partial charge in [0.25, 0.3) is 5.91 Å². The fourth-order valence-electron chi connectivity index (χ4n) is 4.51. The molecule has 1 aliphatic heterocycles. The largest absolute Gasteiger partial charge is 0.475 e. The Morgan fingerprint density at radius 3 is 2.49 bits per heavy atom. The molecule has 9 heteroatoms. The normalized spacial score (nSPS) is 14.3. The van der Waals surface area contributed by atoms with E-state index in [9.17, 15) is 24.9 Å². The Balaban J connectivity index is 1.65. The molecule has 1 heterocycles. The van der Waals surface area contributed by atoms with E-state index in [0.29, 0.717) is 32.6 Å². The van der Waals surface area contributed by atoms with Crippen molar-refractivity contribution in [2.45, 2.75) is 46.1 Å². The lowest BCUT2D eigenvalue weighted by molar-refractivity contribution is -0.126.